The fourth-order valence-corrected chi connectivity index (χ4v) is 3.07. The molecule has 1 aliphatic carbocycles. The van der Waals surface area contributed by atoms with E-state index in [0.717, 1.165) is 17.3 Å². The van der Waals surface area contributed by atoms with Crippen molar-refractivity contribution >= 4 is 33.4 Å². The van der Waals surface area contributed by atoms with Crippen molar-refractivity contribution in [2.45, 2.75) is 32.2 Å². The number of nitrogens with one attached hydrogen (secondary N) is 1. The third-order valence-corrected chi connectivity index (χ3v) is 4.10. The second kappa shape index (κ2) is 6.62. The average molecular weight is 347 g/mol. The molecule has 5 heteroatoms. The van der Waals surface area contributed by atoms with E-state index in [0.29, 0.717) is 22.7 Å². The molecule has 2 rings (SSSR count). The van der Waals surface area contributed by atoms with Gasteiger partial charge in [0.05, 0.1) is 5.02 Å². The van der Waals surface area contributed by atoms with Crippen molar-refractivity contribution in [2.24, 2.45) is 5.92 Å². The van der Waals surface area contributed by atoms with Crippen LogP contribution in [0.15, 0.2) is 22.7 Å². The SMILES string of the molecule is CC1CCC(NC(=O)COc2ccc(Br)cc2Cl)C1. The molecule has 1 saturated carbocycles. The molecule has 19 heavy (non-hydrogen) atoms. The summed E-state index contributed by atoms with van der Waals surface area (Å²) in [5, 5.41) is 3.49. The van der Waals surface area contributed by atoms with E-state index in [4.69, 9.17) is 16.3 Å². The lowest BCUT2D eigenvalue weighted by atomic mass is 10.1. The van der Waals surface area contributed by atoms with E-state index in [1.54, 1.807) is 12.1 Å². The molecule has 0 heterocycles. The summed E-state index contributed by atoms with van der Waals surface area (Å²) in [5.41, 5.74) is 0. The Kier molecular flexibility index (Phi) is 5.11. The maximum atomic E-state index is 11.8. The van der Waals surface area contributed by atoms with Crippen LogP contribution in [-0.2, 0) is 4.79 Å². The Morgan fingerprint density at radius 3 is 2.95 bits per heavy atom. The lowest BCUT2D eigenvalue weighted by molar-refractivity contribution is -0.123. The number of rotatable bonds is 4. The Balaban J connectivity index is 1.80. The normalized spacial score (nSPS) is 22.3. The molecule has 104 valence electrons. The topological polar surface area (TPSA) is 38.3 Å². The van der Waals surface area contributed by atoms with Crippen LogP contribution in [0.2, 0.25) is 5.02 Å². The molecular weight excluding hydrogens is 330 g/mol. The van der Waals surface area contributed by atoms with E-state index in [9.17, 15) is 4.79 Å². The highest BCUT2D eigenvalue weighted by Crippen LogP contribution is 2.28. The van der Waals surface area contributed by atoms with Crippen LogP contribution in [-0.4, -0.2) is 18.6 Å². The summed E-state index contributed by atoms with van der Waals surface area (Å²) in [6.45, 7) is 2.22. The lowest BCUT2D eigenvalue weighted by Crippen LogP contribution is -2.36. The molecule has 1 fully saturated rings. The Morgan fingerprint density at radius 1 is 1.53 bits per heavy atom. The highest BCUT2D eigenvalue weighted by atomic mass is 79.9. The zero-order valence-corrected chi connectivity index (χ0v) is 13.1. The molecule has 0 aromatic heterocycles. The maximum Gasteiger partial charge on any atom is 0.258 e. The van der Waals surface area contributed by atoms with Crippen molar-refractivity contribution in [1.29, 1.82) is 0 Å². The number of hydrogen-bond donors (Lipinski definition) is 1. The van der Waals surface area contributed by atoms with Gasteiger partial charge in [0.1, 0.15) is 5.75 Å². The molecule has 2 unspecified atom stereocenters. The van der Waals surface area contributed by atoms with Gasteiger partial charge in [0.2, 0.25) is 0 Å². The summed E-state index contributed by atoms with van der Waals surface area (Å²) in [5.74, 6) is 1.14. The van der Waals surface area contributed by atoms with E-state index in [-0.39, 0.29) is 12.5 Å². The number of ether oxygens (including phenoxy) is 1. The van der Waals surface area contributed by atoms with Gasteiger partial charge in [0.15, 0.2) is 6.61 Å². The smallest absolute Gasteiger partial charge is 0.258 e. The molecule has 1 aromatic carbocycles. The quantitative estimate of drug-likeness (QED) is 0.901. The van der Waals surface area contributed by atoms with E-state index >= 15 is 0 Å². The first-order valence-corrected chi connectivity index (χ1v) is 7.59. The first-order chi connectivity index (χ1) is 9.04. The van der Waals surface area contributed by atoms with Crippen LogP contribution in [0.5, 0.6) is 5.75 Å². The predicted molar refractivity (Wildman–Crippen MR) is 79.6 cm³/mol. The van der Waals surface area contributed by atoms with Gasteiger partial charge in [-0.2, -0.15) is 0 Å². The van der Waals surface area contributed by atoms with E-state index < -0.39 is 0 Å². The molecule has 1 aliphatic rings. The van der Waals surface area contributed by atoms with Crippen molar-refractivity contribution < 1.29 is 9.53 Å². The molecule has 1 N–H and O–H groups in total. The third kappa shape index (κ3) is 4.39. The number of hydrogen-bond acceptors (Lipinski definition) is 2. The number of carbonyl (C=O) groups excluding carboxylic acids is 1. The van der Waals surface area contributed by atoms with Crippen molar-refractivity contribution in [3.8, 4) is 5.75 Å². The highest BCUT2D eigenvalue weighted by molar-refractivity contribution is 9.10. The van der Waals surface area contributed by atoms with Crippen LogP contribution >= 0.6 is 27.5 Å². The minimum absolute atomic E-state index is 0.00618. The van der Waals surface area contributed by atoms with Crippen LogP contribution in [0.25, 0.3) is 0 Å². The zero-order chi connectivity index (χ0) is 13.8. The van der Waals surface area contributed by atoms with Crippen LogP contribution in [0.1, 0.15) is 26.2 Å². The van der Waals surface area contributed by atoms with E-state index in [2.05, 4.69) is 28.2 Å². The fraction of sp³-hybridized carbons (Fsp3) is 0.500. The zero-order valence-electron chi connectivity index (χ0n) is 10.8. The Hall–Kier alpha value is -0.740. The largest absolute Gasteiger partial charge is 0.482 e. The van der Waals surface area contributed by atoms with Gasteiger partial charge in [-0.05, 0) is 43.4 Å². The van der Waals surface area contributed by atoms with E-state index in [1.165, 1.54) is 6.42 Å². The van der Waals surface area contributed by atoms with Crippen LogP contribution in [0.4, 0.5) is 0 Å². The summed E-state index contributed by atoms with van der Waals surface area (Å²) in [6.07, 6.45) is 3.31. The van der Waals surface area contributed by atoms with Crippen molar-refractivity contribution in [3.05, 3.63) is 27.7 Å². The summed E-state index contributed by atoms with van der Waals surface area (Å²) >= 11 is 9.34. The predicted octanol–water partition coefficient (Wildman–Crippen LogP) is 3.79. The van der Waals surface area contributed by atoms with Gasteiger partial charge >= 0.3 is 0 Å². The Morgan fingerprint density at radius 2 is 2.32 bits per heavy atom. The summed E-state index contributed by atoms with van der Waals surface area (Å²) in [4.78, 5) is 11.8. The second-order valence-electron chi connectivity index (χ2n) is 5.05. The van der Waals surface area contributed by atoms with Gasteiger partial charge in [-0.1, -0.05) is 34.5 Å². The first-order valence-electron chi connectivity index (χ1n) is 6.42. The van der Waals surface area contributed by atoms with E-state index in [1.807, 2.05) is 6.07 Å². The van der Waals surface area contributed by atoms with Gasteiger partial charge in [0, 0.05) is 10.5 Å². The molecular formula is C14H17BrClNO2. The molecule has 0 saturated heterocycles. The number of halogens is 2. The van der Waals surface area contributed by atoms with Gasteiger partial charge in [0.25, 0.3) is 5.91 Å². The van der Waals surface area contributed by atoms with Crippen molar-refractivity contribution in [3.63, 3.8) is 0 Å². The Bertz CT molecular complexity index is 467. The first kappa shape index (κ1) is 14.7. The molecule has 1 aromatic rings. The summed E-state index contributed by atoms with van der Waals surface area (Å²) in [7, 11) is 0. The summed E-state index contributed by atoms with van der Waals surface area (Å²) < 4.78 is 6.31. The molecule has 0 spiro atoms. The number of carbonyl (C=O) groups is 1. The van der Waals surface area contributed by atoms with Crippen LogP contribution < -0.4 is 10.1 Å². The molecule has 0 bridgehead atoms. The maximum absolute atomic E-state index is 11.8. The van der Waals surface area contributed by atoms with Crippen LogP contribution in [0.3, 0.4) is 0 Å². The van der Waals surface area contributed by atoms with Crippen LogP contribution in [0, 0.1) is 5.92 Å². The minimum Gasteiger partial charge on any atom is -0.482 e. The molecule has 2 atom stereocenters. The minimum atomic E-state index is -0.0851. The summed E-state index contributed by atoms with van der Waals surface area (Å²) in [6, 6.07) is 5.62. The highest BCUT2D eigenvalue weighted by Gasteiger charge is 2.22. The standard InChI is InChI=1S/C14H17BrClNO2/c1-9-2-4-11(6-9)17-14(18)8-19-13-5-3-10(15)7-12(13)16/h3,5,7,9,11H,2,4,6,8H2,1H3,(H,17,18). The van der Waals surface area contributed by atoms with Gasteiger partial charge < -0.3 is 10.1 Å². The molecule has 1 amide bonds. The second-order valence-corrected chi connectivity index (χ2v) is 6.37. The number of benzene rings is 1. The molecule has 0 radical (unpaired) electrons. The fourth-order valence-electron chi connectivity index (χ4n) is 2.34. The molecule has 0 aliphatic heterocycles. The lowest BCUT2D eigenvalue weighted by Gasteiger charge is -2.13. The number of amides is 1. The molecule has 3 nitrogen and oxygen atoms in total. The van der Waals surface area contributed by atoms with Crippen molar-refractivity contribution in [1.82, 2.24) is 5.32 Å². The monoisotopic (exact) mass is 345 g/mol. The Labute approximate surface area is 126 Å². The third-order valence-electron chi connectivity index (χ3n) is 3.31. The van der Waals surface area contributed by atoms with Crippen molar-refractivity contribution in [2.75, 3.05) is 6.61 Å². The van der Waals surface area contributed by atoms with Gasteiger partial charge in [-0.15, -0.1) is 0 Å². The average Bonchev–Trinajstić information content (AvgIpc) is 2.73. The van der Waals surface area contributed by atoms with Gasteiger partial charge in [-0.3, -0.25) is 4.79 Å². The van der Waals surface area contributed by atoms with Gasteiger partial charge in [-0.25, -0.2) is 0 Å².